The molecule has 0 saturated heterocycles. The number of nitrogens with two attached hydrogens (primary N) is 1. The van der Waals surface area contributed by atoms with E-state index in [1.807, 2.05) is 6.92 Å². The highest BCUT2D eigenvalue weighted by Crippen LogP contribution is 2.26. The number of amides is 2. The molecule has 0 heterocycles. The fourth-order valence-corrected chi connectivity index (χ4v) is 1.70. The van der Waals surface area contributed by atoms with Crippen molar-refractivity contribution in [2.75, 3.05) is 19.7 Å². The van der Waals surface area contributed by atoms with Crippen molar-refractivity contribution in [2.45, 2.75) is 26.5 Å². The minimum absolute atomic E-state index is 0. The third kappa shape index (κ3) is 9.06. The number of alkyl halides is 2. The number of carbonyl (C=O) groups is 2. The van der Waals surface area contributed by atoms with E-state index in [1.54, 1.807) is 6.07 Å². The maximum absolute atomic E-state index is 12.5. The van der Waals surface area contributed by atoms with Crippen molar-refractivity contribution in [3.63, 3.8) is 0 Å². The largest absolute Gasteiger partial charge is 0.493 e. The molecule has 0 unspecified atom stereocenters. The van der Waals surface area contributed by atoms with E-state index in [-0.39, 0.29) is 37.8 Å². The van der Waals surface area contributed by atoms with Gasteiger partial charge in [-0.3, -0.25) is 9.59 Å². The standard InChI is InChI=1S/C15H21F2N3O4.ClH/c1-2-5-23-11-4-3-10(12(6-11)24-15(16)17)8-19-14(22)9-20-13(21)7-18;/h3-4,6,15H,2,5,7-9,18H2,1H3,(H,19,22)(H,20,21);1H. The molecule has 1 aromatic carbocycles. The molecule has 0 fully saturated rings. The van der Waals surface area contributed by atoms with E-state index in [0.717, 1.165) is 6.42 Å². The lowest BCUT2D eigenvalue weighted by atomic mass is 10.2. The van der Waals surface area contributed by atoms with Crippen LogP contribution in [-0.2, 0) is 16.1 Å². The molecule has 0 spiro atoms. The molecule has 1 rings (SSSR count). The Morgan fingerprint density at radius 3 is 2.56 bits per heavy atom. The van der Waals surface area contributed by atoms with Crippen molar-refractivity contribution in [1.29, 1.82) is 0 Å². The Bertz CT molecular complexity index is 562. The highest BCUT2D eigenvalue weighted by Gasteiger charge is 2.12. The van der Waals surface area contributed by atoms with Crippen molar-refractivity contribution in [2.24, 2.45) is 5.73 Å². The van der Waals surface area contributed by atoms with Gasteiger partial charge in [-0.15, -0.1) is 12.4 Å². The zero-order valence-corrected chi connectivity index (χ0v) is 14.5. The van der Waals surface area contributed by atoms with E-state index in [0.29, 0.717) is 17.9 Å². The quantitative estimate of drug-likeness (QED) is 0.565. The average molecular weight is 382 g/mol. The minimum atomic E-state index is -3.00. The van der Waals surface area contributed by atoms with Crippen LogP contribution in [0.15, 0.2) is 18.2 Å². The molecule has 4 N–H and O–H groups in total. The van der Waals surface area contributed by atoms with Crippen LogP contribution in [0, 0.1) is 0 Å². The summed E-state index contributed by atoms with van der Waals surface area (Å²) in [7, 11) is 0. The van der Waals surface area contributed by atoms with Crippen molar-refractivity contribution in [3.05, 3.63) is 23.8 Å². The lowest BCUT2D eigenvalue weighted by molar-refractivity contribution is -0.125. The molecule has 1 aromatic rings. The van der Waals surface area contributed by atoms with E-state index >= 15 is 0 Å². The predicted octanol–water partition coefficient (Wildman–Crippen LogP) is 1.19. The van der Waals surface area contributed by atoms with Gasteiger partial charge in [0, 0.05) is 18.2 Å². The third-order valence-electron chi connectivity index (χ3n) is 2.84. The molecule has 25 heavy (non-hydrogen) atoms. The number of benzene rings is 1. The van der Waals surface area contributed by atoms with Gasteiger partial charge in [0.05, 0.1) is 19.7 Å². The second-order valence-corrected chi connectivity index (χ2v) is 4.75. The summed E-state index contributed by atoms with van der Waals surface area (Å²) < 4.78 is 34.9. The molecule has 0 atom stereocenters. The van der Waals surface area contributed by atoms with Gasteiger partial charge < -0.3 is 25.8 Å². The molecule has 142 valence electrons. The Morgan fingerprint density at radius 2 is 1.96 bits per heavy atom. The van der Waals surface area contributed by atoms with Gasteiger partial charge in [-0.25, -0.2) is 0 Å². The Morgan fingerprint density at radius 1 is 1.24 bits per heavy atom. The molecule has 0 aliphatic heterocycles. The van der Waals surface area contributed by atoms with Crippen LogP contribution in [-0.4, -0.2) is 38.1 Å². The van der Waals surface area contributed by atoms with Crippen molar-refractivity contribution in [3.8, 4) is 11.5 Å². The normalized spacial score (nSPS) is 9.96. The summed E-state index contributed by atoms with van der Waals surface area (Å²) in [5, 5.41) is 4.79. The van der Waals surface area contributed by atoms with Crippen LogP contribution < -0.4 is 25.8 Å². The van der Waals surface area contributed by atoms with Gasteiger partial charge >= 0.3 is 6.61 Å². The predicted molar refractivity (Wildman–Crippen MR) is 90.0 cm³/mol. The zero-order chi connectivity index (χ0) is 17.9. The number of carbonyl (C=O) groups excluding carboxylic acids is 2. The van der Waals surface area contributed by atoms with Crippen LogP contribution in [0.4, 0.5) is 8.78 Å². The van der Waals surface area contributed by atoms with Gasteiger partial charge in [0.15, 0.2) is 0 Å². The number of hydrogen-bond donors (Lipinski definition) is 3. The molecule has 0 bridgehead atoms. The summed E-state index contributed by atoms with van der Waals surface area (Å²) >= 11 is 0. The zero-order valence-electron chi connectivity index (χ0n) is 13.7. The minimum Gasteiger partial charge on any atom is -0.493 e. The number of ether oxygens (including phenoxy) is 2. The molecule has 0 radical (unpaired) electrons. The molecule has 0 aliphatic carbocycles. The van der Waals surface area contributed by atoms with E-state index < -0.39 is 18.4 Å². The molecule has 2 amide bonds. The van der Waals surface area contributed by atoms with Crippen molar-refractivity contribution >= 4 is 24.2 Å². The van der Waals surface area contributed by atoms with Crippen LogP contribution in [0.3, 0.4) is 0 Å². The van der Waals surface area contributed by atoms with Gasteiger partial charge in [0.1, 0.15) is 11.5 Å². The van der Waals surface area contributed by atoms with Crippen molar-refractivity contribution in [1.82, 2.24) is 10.6 Å². The second-order valence-electron chi connectivity index (χ2n) is 4.75. The Kier molecular flexibility index (Phi) is 11.2. The fraction of sp³-hybridized carbons (Fsp3) is 0.467. The highest BCUT2D eigenvalue weighted by atomic mass is 35.5. The van der Waals surface area contributed by atoms with E-state index in [9.17, 15) is 18.4 Å². The van der Waals surface area contributed by atoms with E-state index in [1.165, 1.54) is 12.1 Å². The number of rotatable bonds is 10. The molecule has 0 aliphatic rings. The maximum Gasteiger partial charge on any atom is 0.387 e. The topological polar surface area (TPSA) is 103 Å². The van der Waals surface area contributed by atoms with Gasteiger partial charge in [0.2, 0.25) is 11.8 Å². The van der Waals surface area contributed by atoms with Gasteiger partial charge in [-0.2, -0.15) is 8.78 Å². The van der Waals surface area contributed by atoms with Gasteiger partial charge in [0.25, 0.3) is 0 Å². The van der Waals surface area contributed by atoms with Crippen molar-refractivity contribution < 1.29 is 27.8 Å². The number of halogens is 3. The van der Waals surface area contributed by atoms with Crippen LogP contribution in [0.25, 0.3) is 0 Å². The molecule has 0 saturated carbocycles. The summed E-state index contributed by atoms with van der Waals surface area (Å²) in [5.74, 6) is -0.627. The SMILES string of the molecule is CCCOc1ccc(CNC(=O)CNC(=O)CN)c(OC(F)F)c1.Cl. The van der Waals surface area contributed by atoms with E-state index in [4.69, 9.17) is 10.5 Å². The third-order valence-corrected chi connectivity index (χ3v) is 2.84. The smallest absolute Gasteiger partial charge is 0.387 e. The summed E-state index contributed by atoms with van der Waals surface area (Å²) in [4.78, 5) is 22.6. The second kappa shape index (κ2) is 12.3. The first-order valence-corrected chi connectivity index (χ1v) is 7.40. The maximum atomic E-state index is 12.5. The molecule has 7 nitrogen and oxygen atoms in total. The molecule has 10 heteroatoms. The Labute approximate surface area is 150 Å². The molecule has 0 aromatic heterocycles. The lowest BCUT2D eigenvalue weighted by Gasteiger charge is -2.14. The first kappa shape index (κ1) is 22.9. The van der Waals surface area contributed by atoms with Crippen LogP contribution in [0.2, 0.25) is 0 Å². The average Bonchev–Trinajstić information content (AvgIpc) is 2.56. The molecular weight excluding hydrogens is 360 g/mol. The van der Waals surface area contributed by atoms with Crippen LogP contribution in [0.1, 0.15) is 18.9 Å². The van der Waals surface area contributed by atoms with E-state index in [2.05, 4.69) is 15.4 Å². The van der Waals surface area contributed by atoms with Crippen LogP contribution in [0.5, 0.6) is 11.5 Å². The highest BCUT2D eigenvalue weighted by molar-refractivity contribution is 5.85. The van der Waals surface area contributed by atoms with Gasteiger partial charge in [-0.1, -0.05) is 6.92 Å². The number of nitrogens with one attached hydrogen (secondary N) is 2. The Balaban J connectivity index is 0.00000576. The fourth-order valence-electron chi connectivity index (χ4n) is 1.70. The number of hydrogen-bond acceptors (Lipinski definition) is 5. The Hall–Kier alpha value is -2.13. The van der Waals surface area contributed by atoms with Gasteiger partial charge in [-0.05, 0) is 18.6 Å². The summed E-state index contributed by atoms with van der Waals surface area (Å²) in [6, 6.07) is 4.48. The molecular formula is C15H22ClF2N3O4. The summed E-state index contributed by atoms with van der Waals surface area (Å²) in [5.41, 5.74) is 5.45. The first-order valence-electron chi connectivity index (χ1n) is 7.40. The van der Waals surface area contributed by atoms with Crippen LogP contribution >= 0.6 is 12.4 Å². The summed E-state index contributed by atoms with van der Waals surface area (Å²) in [6.45, 7) is -1.13. The summed E-state index contributed by atoms with van der Waals surface area (Å²) in [6.07, 6.45) is 0.775. The first-order chi connectivity index (χ1) is 11.5. The monoisotopic (exact) mass is 381 g/mol. The lowest BCUT2D eigenvalue weighted by Crippen LogP contribution is -2.39.